The fourth-order valence-corrected chi connectivity index (χ4v) is 5.70. The van der Waals surface area contributed by atoms with E-state index in [4.69, 9.17) is 0 Å². The summed E-state index contributed by atoms with van der Waals surface area (Å²) in [4.78, 5) is 27.5. The average molecular weight is 476 g/mol. The highest BCUT2D eigenvalue weighted by molar-refractivity contribution is 7.89. The summed E-state index contributed by atoms with van der Waals surface area (Å²) in [7, 11) is -4.23. The molecule has 0 spiro atoms. The van der Waals surface area contributed by atoms with Crippen molar-refractivity contribution in [2.45, 2.75) is 24.3 Å². The third-order valence-corrected chi connectivity index (χ3v) is 7.85. The molecular weight excluding hydrogens is 452 g/mol. The molecule has 0 aliphatic carbocycles. The van der Waals surface area contributed by atoms with E-state index >= 15 is 0 Å². The number of nitrogens with zero attached hydrogens (tertiary/aromatic N) is 3. The van der Waals surface area contributed by atoms with Crippen molar-refractivity contribution in [1.29, 1.82) is 0 Å². The lowest BCUT2D eigenvalue weighted by Gasteiger charge is -2.37. The second-order valence-electron chi connectivity index (χ2n) is 7.95. The Bertz CT molecular complexity index is 1220. The zero-order valence-electron chi connectivity index (χ0n) is 17.9. The van der Waals surface area contributed by atoms with E-state index < -0.39 is 32.6 Å². The van der Waals surface area contributed by atoms with Crippen LogP contribution < -0.4 is 0 Å². The number of hydrogen-bond acceptors (Lipinski definition) is 4. The number of benzene rings is 2. The number of amides is 2. The SMILES string of the molecule is CC(=O)N1C=Cc2ccccc2C1CC(=O)N1CCN(S(=O)(=O)c2cc(F)ccc2F)CC1. The number of fused-ring (bicyclic) bond motifs is 1. The number of halogens is 2. The lowest BCUT2D eigenvalue weighted by atomic mass is 9.93. The Morgan fingerprint density at radius 3 is 2.42 bits per heavy atom. The summed E-state index contributed by atoms with van der Waals surface area (Å²) in [5, 5.41) is 0. The molecule has 0 N–H and O–H groups in total. The van der Waals surface area contributed by atoms with Crippen LogP contribution in [0.3, 0.4) is 0 Å². The van der Waals surface area contributed by atoms with Gasteiger partial charge in [0.2, 0.25) is 21.8 Å². The van der Waals surface area contributed by atoms with E-state index in [0.29, 0.717) is 6.07 Å². The Labute approximate surface area is 190 Å². The molecule has 2 amide bonds. The first kappa shape index (κ1) is 23.1. The molecule has 1 fully saturated rings. The highest BCUT2D eigenvalue weighted by Gasteiger charge is 2.34. The van der Waals surface area contributed by atoms with Crippen molar-refractivity contribution in [2.24, 2.45) is 0 Å². The van der Waals surface area contributed by atoms with E-state index in [1.165, 1.54) is 16.7 Å². The number of hydrogen-bond donors (Lipinski definition) is 0. The number of carbonyl (C=O) groups excluding carboxylic acids is 2. The standard InChI is InChI=1S/C23H23F2N3O4S/c1-16(29)28-9-8-17-4-2-3-5-19(17)21(28)15-23(30)26-10-12-27(13-11-26)33(31,32)22-14-18(24)6-7-20(22)25/h2-9,14,21H,10-13,15H2,1H3. The first-order valence-electron chi connectivity index (χ1n) is 10.5. The molecule has 0 radical (unpaired) electrons. The average Bonchev–Trinajstić information content (AvgIpc) is 2.80. The van der Waals surface area contributed by atoms with E-state index in [2.05, 4.69) is 0 Å². The molecule has 2 aromatic carbocycles. The van der Waals surface area contributed by atoms with Crippen LogP contribution in [0, 0.1) is 11.6 Å². The summed E-state index contributed by atoms with van der Waals surface area (Å²) >= 11 is 0. The van der Waals surface area contributed by atoms with Crippen molar-refractivity contribution in [3.05, 3.63) is 71.4 Å². The Hall–Kier alpha value is -3.11. The predicted molar refractivity (Wildman–Crippen MR) is 117 cm³/mol. The molecule has 33 heavy (non-hydrogen) atoms. The van der Waals surface area contributed by atoms with Crippen molar-refractivity contribution >= 4 is 27.9 Å². The van der Waals surface area contributed by atoms with Gasteiger partial charge in [0.1, 0.15) is 16.5 Å². The zero-order valence-corrected chi connectivity index (χ0v) is 18.8. The molecule has 7 nitrogen and oxygen atoms in total. The minimum atomic E-state index is -4.23. The molecule has 2 aromatic rings. The molecule has 1 unspecified atom stereocenters. The molecule has 2 aliphatic heterocycles. The van der Waals surface area contributed by atoms with Crippen molar-refractivity contribution in [3.63, 3.8) is 0 Å². The summed E-state index contributed by atoms with van der Waals surface area (Å²) in [6.07, 6.45) is 3.54. The van der Waals surface area contributed by atoms with Crippen LogP contribution in [0.2, 0.25) is 0 Å². The van der Waals surface area contributed by atoms with Gasteiger partial charge in [-0.05, 0) is 35.4 Å². The fraction of sp³-hybridized carbons (Fsp3) is 0.304. The maximum atomic E-state index is 14.0. The van der Waals surface area contributed by atoms with Gasteiger partial charge in [-0.1, -0.05) is 24.3 Å². The summed E-state index contributed by atoms with van der Waals surface area (Å²) in [6, 6.07) is 9.36. The topological polar surface area (TPSA) is 78.0 Å². The Morgan fingerprint density at radius 1 is 1.03 bits per heavy atom. The lowest BCUT2D eigenvalue weighted by molar-refractivity contribution is -0.135. The van der Waals surface area contributed by atoms with Gasteiger partial charge in [-0.3, -0.25) is 9.59 Å². The maximum absolute atomic E-state index is 14.0. The second kappa shape index (κ2) is 9.03. The van der Waals surface area contributed by atoms with Gasteiger partial charge in [-0.2, -0.15) is 4.31 Å². The second-order valence-corrected chi connectivity index (χ2v) is 9.86. The quantitative estimate of drug-likeness (QED) is 0.682. The van der Waals surface area contributed by atoms with E-state index in [1.54, 1.807) is 6.20 Å². The summed E-state index contributed by atoms with van der Waals surface area (Å²) in [5.74, 6) is -2.28. The highest BCUT2D eigenvalue weighted by atomic mass is 32.2. The largest absolute Gasteiger partial charge is 0.340 e. The van der Waals surface area contributed by atoms with Crippen LogP contribution in [-0.4, -0.2) is 60.5 Å². The third-order valence-electron chi connectivity index (χ3n) is 5.94. The van der Waals surface area contributed by atoms with E-state index in [1.807, 2.05) is 30.3 Å². The molecule has 0 saturated carbocycles. The summed E-state index contributed by atoms with van der Waals surface area (Å²) in [6.45, 7) is 1.58. The summed E-state index contributed by atoms with van der Waals surface area (Å²) < 4.78 is 54.1. The van der Waals surface area contributed by atoms with Crippen molar-refractivity contribution < 1.29 is 26.8 Å². The predicted octanol–water partition coefficient (Wildman–Crippen LogP) is 2.76. The molecule has 1 atom stereocenters. The monoisotopic (exact) mass is 475 g/mol. The van der Waals surface area contributed by atoms with E-state index in [0.717, 1.165) is 27.6 Å². The lowest BCUT2D eigenvalue weighted by Crippen LogP contribution is -2.51. The zero-order chi connectivity index (χ0) is 23.8. The number of sulfonamides is 1. The van der Waals surface area contributed by atoms with Crippen molar-refractivity contribution in [2.75, 3.05) is 26.2 Å². The minimum Gasteiger partial charge on any atom is -0.340 e. The van der Waals surface area contributed by atoms with Gasteiger partial charge < -0.3 is 9.80 Å². The Kier molecular flexibility index (Phi) is 6.31. The Morgan fingerprint density at radius 2 is 1.73 bits per heavy atom. The van der Waals surface area contributed by atoms with Crippen LogP contribution in [0.1, 0.15) is 30.5 Å². The van der Waals surface area contributed by atoms with Gasteiger partial charge in [0.05, 0.1) is 12.5 Å². The molecule has 0 aromatic heterocycles. The van der Waals surface area contributed by atoms with Crippen LogP contribution in [-0.2, 0) is 19.6 Å². The van der Waals surface area contributed by atoms with Crippen molar-refractivity contribution in [3.8, 4) is 0 Å². The molecule has 1 saturated heterocycles. The van der Waals surface area contributed by atoms with Gasteiger partial charge in [-0.15, -0.1) is 0 Å². The number of piperazine rings is 1. The number of carbonyl (C=O) groups is 2. The van der Waals surface area contributed by atoms with Crippen molar-refractivity contribution in [1.82, 2.24) is 14.1 Å². The van der Waals surface area contributed by atoms with Crippen LogP contribution in [0.15, 0.2) is 53.6 Å². The molecule has 2 aliphatic rings. The van der Waals surface area contributed by atoms with E-state index in [9.17, 15) is 26.8 Å². The van der Waals surface area contributed by atoms with Gasteiger partial charge >= 0.3 is 0 Å². The van der Waals surface area contributed by atoms with Gasteiger partial charge in [0.15, 0.2) is 0 Å². The smallest absolute Gasteiger partial charge is 0.246 e. The summed E-state index contributed by atoms with van der Waals surface area (Å²) in [5.41, 5.74) is 1.80. The first-order valence-corrected chi connectivity index (χ1v) is 11.9. The normalized spacial score (nSPS) is 18.8. The van der Waals surface area contributed by atoms with Crippen LogP contribution >= 0.6 is 0 Å². The molecular formula is C23H23F2N3O4S. The van der Waals surface area contributed by atoms with Crippen LogP contribution in [0.25, 0.3) is 6.08 Å². The minimum absolute atomic E-state index is 0.0401. The molecule has 174 valence electrons. The number of rotatable bonds is 4. The molecule has 2 heterocycles. The highest BCUT2D eigenvalue weighted by Crippen LogP contribution is 2.33. The molecule has 10 heteroatoms. The maximum Gasteiger partial charge on any atom is 0.246 e. The molecule has 0 bridgehead atoms. The van der Waals surface area contributed by atoms with Crippen LogP contribution in [0.5, 0.6) is 0 Å². The van der Waals surface area contributed by atoms with Gasteiger partial charge in [-0.25, -0.2) is 17.2 Å². The fourth-order valence-electron chi connectivity index (χ4n) is 4.20. The Balaban J connectivity index is 1.46. The van der Waals surface area contributed by atoms with Crippen LogP contribution in [0.4, 0.5) is 8.78 Å². The third kappa shape index (κ3) is 4.53. The molecule has 4 rings (SSSR count). The van der Waals surface area contributed by atoms with E-state index in [-0.39, 0.29) is 44.4 Å². The van der Waals surface area contributed by atoms with Gasteiger partial charge in [0, 0.05) is 39.3 Å². The first-order chi connectivity index (χ1) is 15.7. The van der Waals surface area contributed by atoms with Gasteiger partial charge in [0.25, 0.3) is 0 Å².